The Morgan fingerprint density at radius 2 is 1.57 bits per heavy atom. The molecule has 2 aromatic carbocycles. The van der Waals surface area contributed by atoms with Gasteiger partial charge in [0.15, 0.2) is 5.78 Å². The number of carbonyl (C=O) groups is 4. The number of hydrogen-bond acceptors (Lipinski definition) is 7. The summed E-state index contributed by atoms with van der Waals surface area (Å²) in [6.07, 6.45) is 0.136. The Balaban J connectivity index is 1.90. The minimum atomic E-state index is -0.864. The van der Waals surface area contributed by atoms with Gasteiger partial charge in [-0.25, -0.2) is 14.4 Å². The van der Waals surface area contributed by atoms with E-state index in [9.17, 15) is 24.3 Å². The van der Waals surface area contributed by atoms with Crippen molar-refractivity contribution in [1.29, 1.82) is 0 Å². The summed E-state index contributed by atoms with van der Waals surface area (Å²) in [4.78, 5) is 54.4. The second-order valence-electron chi connectivity index (χ2n) is 8.78. The lowest BCUT2D eigenvalue weighted by molar-refractivity contribution is -0.153. The number of Topliss-reactive ketones (excluding diaryl/α,β-unsaturated/α-hetero) is 1. The topological polar surface area (TPSA) is 136 Å². The molecule has 3 rings (SSSR count). The van der Waals surface area contributed by atoms with Gasteiger partial charge in [-0.1, -0.05) is 6.92 Å². The molecular weight excluding hydrogens is 454 g/mol. The fraction of sp³-hybridized carbons (Fsp3) is 0.280. The molecule has 1 heterocycles. The SMILES string of the molecule is CCC(=O)c1c(O)n(OC(=O)C(C)(C)C)c2cc(NC(=O)Nc3ccc(C(=O)OC)cc3)ccc12. The maximum atomic E-state index is 12.5. The molecule has 0 aliphatic rings. The molecule has 10 nitrogen and oxygen atoms in total. The molecule has 0 fully saturated rings. The summed E-state index contributed by atoms with van der Waals surface area (Å²) in [5, 5.41) is 16.4. The number of esters is 1. The van der Waals surface area contributed by atoms with E-state index in [0.717, 1.165) is 4.73 Å². The molecule has 3 aromatic rings. The van der Waals surface area contributed by atoms with Gasteiger partial charge in [0.2, 0.25) is 5.88 Å². The lowest BCUT2D eigenvalue weighted by Gasteiger charge is -2.17. The van der Waals surface area contributed by atoms with Crippen LogP contribution in [0, 0.1) is 5.41 Å². The summed E-state index contributed by atoms with van der Waals surface area (Å²) in [7, 11) is 1.28. The van der Waals surface area contributed by atoms with Crippen molar-refractivity contribution in [3.05, 3.63) is 53.6 Å². The second kappa shape index (κ2) is 9.88. The lowest BCUT2D eigenvalue weighted by Crippen LogP contribution is -2.31. The number of nitrogens with zero attached hydrogens (tertiary/aromatic N) is 1. The van der Waals surface area contributed by atoms with E-state index in [1.54, 1.807) is 52.0 Å². The number of urea groups is 1. The summed E-state index contributed by atoms with van der Waals surface area (Å²) in [6, 6.07) is 10.1. The fourth-order valence-electron chi connectivity index (χ4n) is 3.19. The highest BCUT2D eigenvalue weighted by Crippen LogP contribution is 2.34. The highest BCUT2D eigenvalue weighted by atomic mass is 16.7. The molecule has 10 heteroatoms. The Morgan fingerprint density at radius 3 is 2.14 bits per heavy atom. The zero-order chi connectivity index (χ0) is 25.9. The van der Waals surface area contributed by atoms with Crippen LogP contribution in [-0.2, 0) is 9.53 Å². The quantitative estimate of drug-likeness (QED) is 0.351. The van der Waals surface area contributed by atoms with Crippen molar-refractivity contribution >= 4 is 46.0 Å². The van der Waals surface area contributed by atoms with Gasteiger partial charge in [0.25, 0.3) is 0 Å². The number of aromatic nitrogens is 1. The first-order valence-electron chi connectivity index (χ1n) is 10.9. The van der Waals surface area contributed by atoms with Crippen LogP contribution in [0.1, 0.15) is 54.8 Å². The summed E-state index contributed by atoms with van der Waals surface area (Å²) in [6.45, 7) is 6.63. The van der Waals surface area contributed by atoms with Gasteiger partial charge in [-0.2, -0.15) is 0 Å². The Morgan fingerprint density at radius 1 is 0.971 bits per heavy atom. The average molecular weight is 482 g/mol. The van der Waals surface area contributed by atoms with E-state index in [0.29, 0.717) is 22.3 Å². The van der Waals surface area contributed by atoms with Gasteiger partial charge in [0, 0.05) is 23.2 Å². The number of benzene rings is 2. The Kier molecular flexibility index (Phi) is 7.14. The highest BCUT2D eigenvalue weighted by molar-refractivity contribution is 6.11. The van der Waals surface area contributed by atoms with Crippen LogP contribution < -0.4 is 15.5 Å². The standard InChI is InChI=1S/C25H27N3O7/c1-6-19(29)20-17-12-11-16(13-18(17)28(21(20)30)35-23(32)25(2,3)4)27-24(33)26-15-9-7-14(8-10-15)22(31)34-5/h7-13,30H,6H2,1-5H3,(H2,26,27,33). The molecule has 35 heavy (non-hydrogen) atoms. The molecule has 3 N–H and O–H groups in total. The molecule has 0 radical (unpaired) electrons. The minimum absolute atomic E-state index is 0.0332. The number of methoxy groups -OCH3 is 1. The number of ether oxygens (including phenoxy) is 1. The lowest BCUT2D eigenvalue weighted by atomic mass is 9.98. The van der Waals surface area contributed by atoms with Crippen LogP contribution in [0.4, 0.5) is 16.2 Å². The van der Waals surface area contributed by atoms with Crippen molar-refractivity contribution in [2.75, 3.05) is 17.7 Å². The molecule has 1 aromatic heterocycles. The molecule has 0 saturated heterocycles. The summed E-state index contributed by atoms with van der Waals surface area (Å²) in [5.41, 5.74) is 0.501. The number of ketones is 1. The first-order chi connectivity index (χ1) is 16.5. The van der Waals surface area contributed by atoms with Crippen LogP contribution in [0.2, 0.25) is 0 Å². The zero-order valence-corrected chi connectivity index (χ0v) is 20.1. The molecule has 0 atom stereocenters. The van der Waals surface area contributed by atoms with Crippen LogP contribution in [-0.4, -0.2) is 40.7 Å². The molecule has 0 unspecified atom stereocenters. The number of rotatable bonds is 6. The first kappa shape index (κ1) is 25.3. The summed E-state index contributed by atoms with van der Waals surface area (Å²) < 4.78 is 5.55. The number of aromatic hydroxyl groups is 1. The summed E-state index contributed by atoms with van der Waals surface area (Å²) >= 11 is 0. The zero-order valence-electron chi connectivity index (χ0n) is 20.1. The van der Waals surface area contributed by atoms with Crippen molar-refractivity contribution in [1.82, 2.24) is 4.73 Å². The third-order valence-corrected chi connectivity index (χ3v) is 5.11. The Bertz CT molecular complexity index is 1300. The van der Waals surface area contributed by atoms with Gasteiger partial charge in [-0.05, 0) is 63.2 Å². The largest absolute Gasteiger partial charge is 0.492 e. The molecule has 0 aliphatic heterocycles. The van der Waals surface area contributed by atoms with E-state index < -0.39 is 29.3 Å². The first-order valence-corrected chi connectivity index (χ1v) is 10.9. The minimum Gasteiger partial charge on any atom is -0.492 e. The third-order valence-electron chi connectivity index (χ3n) is 5.11. The maximum Gasteiger partial charge on any atom is 0.338 e. The number of hydrogen-bond donors (Lipinski definition) is 3. The van der Waals surface area contributed by atoms with Gasteiger partial charge >= 0.3 is 18.0 Å². The molecule has 0 bridgehead atoms. The molecule has 0 saturated carbocycles. The molecule has 184 valence electrons. The normalized spacial score (nSPS) is 11.1. The molecule has 0 aliphatic carbocycles. The predicted molar refractivity (Wildman–Crippen MR) is 130 cm³/mol. The van der Waals surface area contributed by atoms with E-state index >= 15 is 0 Å². The van der Waals surface area contributed by atoms with Gasteiger partial charge in [-0.15, -0.1) is 4.73 Å². The van der Waals surface area contributed by atoms with Crippen molar-refractivity contribution in [2.24, 2.45) is 5.41 Å². The number of fused-ring (bicyclic) bond motifs is 1. The van der Waals surface area contributed by atoms with Crippen LogP contribution >= 0.6 is 0 Å². The number of amides is 2. The molecule has 0 spiro atoms. The fourth-order valence-corrected chi connectivity index (χ4v) is 3.19. The number of anilines is 2. The van der Waals surface area contributed by atoms with Crippen LogP contribution in [0.3, 0.4) is 0 Å². The molecular formula is C25H27N3O7. The van der Waals surface area contributed by atoms with Crippen molar-refractivity contribution < 1.29 is 33.9 Å². The van der Waals surface area contributed by atoms with Crippen LogP contribution in [0.15, 0.2) is 42.5 Å². The van der Waals surface area contributed by atoms with Crippen LogP contribution in [0.25, 0.3) is 10.9 Å². The van der Waals surface area contributed by atoms with E-state index in [4.69, 9.17) is 4.84 Å². The average Bonchev–Trinajstić information content (AvgIpc) is 3.08. The Hall–Kier alpha value is -4.34. The van der Waals surface area contributed by atoms with Crippen LogP contribution in [0.5, 0.6) is 5.88 Å². The van der Waals surface area contributed by atoms with Crippen molar-refractivity contribution in [3.8, 4) is 5.88 Å². The van der Waals surface area contributed by atoms with E-state index in [1.807, 2.05) is 0 Å². The smallest absolute Gasteiger partial charge is 0.338 e. The van der Waals surface area contributed by atoms with Gasteiger partial charge in [0.1, 0.15) is 0 Å². The van der Waals surface area contributed by atoms with Gasteiger partial charge in [0.05, 0.1) is 29.2 Å². The summed E-state index contributed by atoms with van der Waals surface area (Å²) in [5.74, 6) is -1.93. The maximum absolute atomic E-state index is 12.5. The third kappa shape index (κ3) is 5.43. The molecule has 2 amide bonds. The second-order valence-corrected chi connectivity index (χ2v) is 8.78. The predicted octanol–water partition coefficient (Wildman–Crippen LogP) is 4.37. The van der Waals surface area contributed by atoms with Gasteiger partial charge in [-0.3, -0.25) is 4.79 Å². The van der Waals surface area contributed by atoms with E-state index in [-0.39, 0.29) is 23.3 Å². The highest BCUT2D eigenvalue weighted by Gasteiger charge is 2.29. The Labute approximate surface area is 201 Å². The van der Waals surface area contributed by atoms with E-state index in [2.05, 4.69) is 15.4 Å². The van der Waals surface area contributed by atoms with E-state index in [1.165, 1.54) is 25.3 Å². The number of nitrogens with one attached hydrogen (secondary N) is 2. The van der Waals surface area contributed by atoms with Gasteiger partial charge < -0.3 is 25.3 Å². The van der Waals surface area contributed by atoms with Crippen molar-refractivity contribution in [3.63, 3.8) is 0 Å². The monoisotopic (exact) mass is 481 g/mol. The number of carbonyl (C=O) groups excluding carboxylic acids is 4. The van der Waals surface area contributed by atoms with Crippen molar-refractivity contribution in [2.45, 2.75) is 34.1 Å².